The molecular weight excluding hydrogens is 326 g/mol. The van der Waals surface area contributed by atoms with E-state index in [0.29, 0.717) is 12.8 Å². The largest absolute Gasteiger partial charge is 0.459 e. The molecule has 6 heteroatoms. The van der Waals surface area contributed by atoms with Crippen LogP contribution in [0.3, 0.4) is 0 Å². The monoisotopic (exact) mass is 343 g/mol. The van der Waals surface area contributed by atoms with E-state index in [9.17, 15) is 14.9 Å². The summed E-state index contributed by atoms with van der Waals surface area (Å²) in [4.78, 5) is 21.5. The van der Waals surface area contributed by atoms with Crippen LogP contribution in [0, 0.1) is 10.1 Å². The van der Waals surface area contributed by atoms with E-state index in [1.807, 2.05) is 20.8 Å². The first kappa shape index (κ1) is 16.6. The highest BCUT2D eigenvalue weighted by molar-refractivity contribution is 9.10. The predicted molar refractivity (Wildman–Crippen MR) is 80.0 cm³/mol. The second-order valence-corrected chi connectivity index (χ2v) is 6.57. The molecule has 0 aromatic heterocycles. The summed E-state index contributed by atoms with van der Waals surface area (Å²) in [6.45, 7) is 5.46. The predicted octanol–water partition coefficient (Wildman–Crippen LogP) is 3.63. The molecule has 1 atom stereocenters. The zero-order valence-electron chi connectivity index (χ0n) is 11.8. The Morgan fingerprint density at radius 2 is 1.90 bits per heavy atom. The summed E-state index contributed by atoms with van der Waals surface area (Å²) in [6.07, 6.45) is 1.22. The summed E-state index contributed by atoms with van der Waals surface area (Å²) < 4.78 is 5.26. The van der Waals surface area contributed by atoms with Gasteiger partial charge in [0.15, 0.2) is 0 Å². The molecule has 0 aliphatic heterocycles. The van der Waals surface area contributed by atoms with Gasteiger partial charge in [0.2, 0.25) is 0 Å². The van der Waals surface area contributed by atoms with Gasteiger partial charge in [0.25, 0.3) is 5.69 Å². The van der Waals surface area contributed by atoms with E-state index in [1.165, 1.54) is 12.1 Å². The number of aryl methyl sites for hydroxylation is 1. The number of nitro groups is 1. The average molecular weight is 344 g/mol. The molecule has 0 spiro atoms. The van der Waals surface area contributed by atoms with Crippen LogP contribution in [0.15, 0.2) is 24.3 Å². The Labute approximate surface area is 126 Å². The topological polar surface area (TPSA) is 69.4 Å². The van der Waals surface area contributed by atoms with Crippen molar-refractivity contribution in [2.24, 2.45) is 0 Å². The highest BCUT2D eigenvalue weighted by Gasteiger charge is 2.22. The highest BCUT2D eigenvalue weighted by atomic mass is 79.9. The molecule has 20 heavy (non-hydrogen) atoms. The Morgan fingerprint density at radius 1 is 1.35 bits per heavy atom. The number of nitrogens with zero attached hydrogens (tertiary/aromatic N) is 1. The van der Waals surface area contributed by atoms with Gasteiger partial charge < -0.3 is 4.74 Å². The number of alkyl halides is 1. The Kier molecular flexibility index (Phi) is 5.68. The fraction of sp³-hybridized carbons (Fsp3) is 0.500. The number of esters is 1. The first-order valence-electron chi connectivity index (χ1n) is 6.29. The number of hydrogen-bond acceptors (Lipinski definition) is 4. The minimum atomic E-state index is -0.504. The van der Waals surface area contributed by atoms with Crippen molar-refractivity contribution in [3.8, 4) is 0 Å². The standard InChI is InChI=1S/C14H18BrNO4/c1-14(2,3)20-13(17)12(15)9-6-10-4-7-11(8-5-10)16(18)19/h4-5,7-8,12H,6,9H2,1-3H3/t12-/m1/s1. The Hall–Kier alpha value is -1.43. The average Bonchev–Trinajstić information content (AvgIpc) is 2.34. The molecule has 0 aliphatic rings. The summed E-state index contributed by atoms with van der Waals surface area (Å²) in [5.41, 5.74) is 0.510. The number of ether oxygens (including phenoxy) is 1. The van der Waals surface area contributed by atoms with Crippen molar-refractivity contribution < 1.29 is 14.5 Å². The third-order valence-electron chi connectivity index (χ3n) is 2.50. The van der Waals surface area contributed by atoms with Crippen LogP contribution < -0.4 is 0 Å². The molecule has 0 saturated carbocycles. The number of carbonyl (C=O) groups is 1. The van der Waals surface area contributed by atoms with E-state index in [2.05, 4.69) is 15.9 Å². The molecule has 0 heterocycles. The van der Waals surface area contributed by atoms with E-state index < -0.39 is 10.5 Å². The molecule has 0 unspecified atom stereocenters. The lowest BCUT2D eigenvalue weighted by Gasteiger charge is -2.21. The molecule has 1 aromatic rings. The third-order valence-corrected chi connectivity index (χ3v) is 3.33. The van der Waals surface area contributed by atoms with Crippen molar-refractivity contribution in [3.05, 3.63) is 39.9 Å². The van der Waals surface area contributed by atoms with Gasteiger partial charge in [-0.15, -0.1) is 0 Å². The third kappa shape index (κ3) is 5.69. The van der Waals surface area contributed by atoms with Gasteiger partial charge in [-0.1, -0.05) is 28.1 Å². The number of non-ortho nitro benzene ring substituents is 1. The van der Waals surface area contributed by atoms with E-state index in [-0.39, 0.29) is 16.5 Å². The van der Waals surface area contributed by atoms with Gasteiger partial charge in [-0.05, 0) is 39.2 Å². The second-order valence-electron chi connectivity index (χ2n) is 5.46. The van der Waals surface area contributed by atoms with Crippen molar-refractivity contribution in [2.75, 3.05) is 0 Å². The fourth-order valence-electron chi connectivity index (χ4n) is 1.56. The van der Waals surface area contributed by atoms with Gasteiger partial charge in [-0.2, -0.15) is 0 Å². The van der Waals surface area contributed by atoms with Gasteiger partial charge in [0, 0.05) is 12.1 Å². The number of hydrogen-bond donors (Lipinski definition) is 0. The van der Waals surface area contributed by atoms with Crippen molar-refractivity contribution in [2.45, 2.75) is 44.0 Å². The Bertz CT molecular complexity index is 479. The van der Waals surface area contributed by atoms with Gasteiger partial charge in [-0.25, -0.2) is 0 Å². The maximum Gasteiger partial charge on any atom is 0.320 e. The Morgan fingerprint density at radius 3 is 2.35 bits per heavy atom. The van der Waals surface area contributed by atoms with Gasteiger partial charge in [0.1, 0.15) is 10.4 Å². The smallest absolute Gasteiger partial charge is 0.320 e. The van der Waals surface area contributed by atoms with Crippen LogP contribution in [0.5, 0.6) is 0 Å². The highest BCUT2D eigenvalue weighted by Crippen LogP contribution is 2.18. The van der Waals surface area contributed by atoms with Crippen LogP contribution in [0.2, 0.25) is 0 Å². The van der Waals surface area contributed by atoms with Crippen molar-refractivity contribution >= 4 is 27.6 Å². The lowest BCUT2D eigenvalue weighted by Crippen LogP contribution is -2.29. The fourth-order valence-corrected chi connectivity index (χ4v) is 1.88. The molecule has 0 amide bonds. The zero-order valence-corrected chi connectivity index (χ0v) is 13.3. The molecule has 0 aliphatic carbocycles. The number of benzene rings is 1. The lowest BCUT2D eigenvalue weighted by molar-refractivity contribution is -0.384. The molecule has 0 fully saturated rings. The minimum absolute atomic E-state index is 0.0660. The van der Waals surface area contributed by atoms with Crippen LogP contribution in [0.1, 0.15) is 32.8 Å². The van der Waals surface area contributed by atoms with Crippen molar-refractivity contribution in [1.29, 1.82) is 0 Å². The summed E-state index contributed by atoms with van der Waals surface area (Å²) in [6, 6.07) is 6.33. The quantitative estimate of drug-likeness (QED) is 0.354. The molecular formula is C14H18BrNO4. The minimum Gasteiger partial charge on any atom is -0.459 e. The number of rotatable bonds is 5. The van der Waals surface area contributed by atoms with E-state index in [0.717, 1.165) is 5.56 Å². The lowest BCUT2D eigenvalue weighted by atomic mass is 10.1. The normalized spacial score (nSPS) is 12.8. The first-order chi connectivity index (χ1) is 9.19. The van der Waals surface area contributed by atoms with Gasteiger partial charge >= 0.3 is 5.97 Å². The van der Waals surface area contributed by atoms with Crippen LogP contribution >= 0.6 is 15.9 Å². The maximum atomic E-state index is 11.8. The van der Waals surface area contributed by atoms with Crippen LogP contribution in [0.4, 0.5) is 5.69 Å². The molecule has 0 radical (unpaired) electrons. The van der Waals surface area contributed by atoms with E-state index in [4.69, 9.17) is 4.74 Å². The molecule has 0 bridgehead atoms. The summed E-state index contributed by atoms with van der Waals surface area (Å²) in [7, 11) is 0. The molecule has 0 N–H and O–H groups in total. The maximum absolute atomic E-state index is 11.8. The van der Waals surface area contributed by atoms with E-state index >= 15 is 0 Å². The SMILES string of the molecule is CC(C)(C)OC(=O)[C@H](Br)CCc1ccc([N+](=O)[O-])cc1. The molecule has 5 nitrogen and oxygen atoms in total. The van der Waals surface area contributed by atoms with E-state index in [1.54, 1.807) is 12.1 Å². The van der Waals surface area contributed by atoms with Crippen LogP contribution in [0.25, 0.3) is 0 Å². The van der Waals surface area contributed by atoms with Crippen molar-refractivity contribution in [3.63, 3.8) is 0 Å². The van der Waals surface area contributed by atoms with Crippen LogP contribution in [-0.2, 0) is 16.0 Å². The molecule has 1 rings (SSSR count). The van der Waals surface area contributed by atoms with Gasteiger partial charge in [0.05, 0.1) is 4.92 Å². The Balaban J connectivity index is 2.50. The summed E-state index contributed by atoms with van der Waals surface area (Å²) in [5.74, 6) is -0.292. The second kappa shape index (κ2) is 6.83. The summed E-state index contributed by atoms with van der Waals surface area (Å²) in [5, 5.41) is 10.5. The zero-order chi connectivity index (χ0) is 15.3. The molecule has 1 aromatic carbocycles. The summed E-state index contributed by atoms with van der Waals surface area (Å²) >= 11 is 3.31. The first-order valence-corrected chi connectivity index (χ1v) is 7.21. The molecule has 0 saturated heterocycles. The number of carbonyl (C=O) groups excluding carboxylic acids is 1. The number of nitro benzene ring substituents is 1. The number of halogens is 1. The molecule has 110 valence electrons. The van der Waals surface area contributed by atoms with Gasteiger partial charge in [-0.3, -0.25) is 14.9 Å². The van der Waals surface area contributed by atoms with Crippen LogP contribution in [-0.4, -0.2) is 21.3 Å². The van der Waals surface area contributed by atoms with Crippen molar-refractivity contribution in [1.82, 2.24) is 0 Å².